The van der Waals surface area contributed by atoms with Gasteiger partial charge in [-0.05, 0) is 37.5 Å². The lowest BCUT2D eigenvalue weighted by molar-refractivity contribution is -0.119. The fraction of sp³-hybridized carbons (Fsp3) is 0.250. The summed E-state index contributed by atoms with van der Waals surface area (Å²) in [4.78, 5) is 12.2. The molecule has 1 unspecified atom stereocenters. The molecular weight excluding hydrogens is 377 g/mol. The highest BCUT2D eigenvalue weighted by Crippen LogP contribution is 2.22. The van der Waals surface area contributed by atoms with Gasteiger partial charge >= 0.3 is 0 Å². The third kappa shape index (κ3) is 5.32. The second-order valence-corrected chi connectivity index (χ2v) is 7.41. The third-order valence-corrected chi connectivity index (χ3v) is 5.14. The highest BCUT2D eigenvalue weighted by Gasteiger charge is 2.15. The van der Waals surface area contributed by atoms with Crippen LogP contribution in [0, 0.1) is 5.82 Å². The lowest BCUT2D eigenvalue weighted by Gasteiger charge is -2.13. The van der Waals surface area contributed by atoms with Crippen molar-refractivity contribution in [2.75, 3.05) is 11.6 Å². The van der Waals surface area contributed by atoms with E-state index in [2.05, 4.69) is 27.6 Å². The largest absolute Gasteiger partial charge is 0.353 e. The van der Waals surface area contributed by atoms with Gasteiger partial charge < -0.3 is 11.2 Å². The SMILES string of the molecule is CC(CCc1ccccc1)NC(=O)CSc1nnc(-c2cccc(F)c2)n1N. The van der Waals surface area contributed by atoms with E-state index < -0.39 is 0 Å². The van der Waals surface area contributed by atoms with Crippen molar-refractivity contribution in [3.63, 3.8) is 0 Å². The van der Waals surface area contributed by atoms with E-state index in [1.807, 2.05) is 25.1 Å². The molecule has 3 N–H and O–H groups in total. The number of aromatic nitrogens is 3. The van der Waals surface area contributed by atoms with Gasteiger partial charge in [0.05, 0.1) is 5.75 Å². The molecule has 1 amide bonds. The van der Waals surface area contributed by atoms with Crippen LogP contribution in [0.3, 0.4) is 0 Å². The van der Waals surface area contributed by atoms with Crippen LogP contribution >= 0.6 is 11.8 Å². The molecule has 1 heterocycles. The summed E-state index contributed by atoms with van der Waals surface area (Å²) in [5.74, 6) is 6.05. The molecular formula is C20H22FN5OS. The van der Waals surface area contributed by atoms with Crippen molar-refractivity contribution in [1.82, 2.24) is 20.2 Å². The Bertz CT molecular complexity index is 931. The number of carbonyl (C=O) groups excluding carboxylic acids is 1. The van der Waals surface area contributed by atoms with Crippen molar-refractivity contribution >= 4 is 17.7 Å². The third-order valence-electron chi connectivity index (χ3n) is 4.20. The van der Waals surface area contributed by atoms with Crippen LogP contribution in [0.5, 0.6) is 0 Å². The first-order chi connectivity index (χ1) is 13.5. The molecule has 0 saturated carbocycles. The number of hydrogen-bond acceptors (Lipinski definition) is 5. The van der Waals surface area contributed by atoms with E-state index in [9.17, 15) is 9.18 Å². The van der Waals surface area contributed by atoms with E-state index in [0.717, 1.165) is 12.8 Å². The molecule has 0 spiro atoms. The molecule has 6 nitrogen and oxygen atoms in total. The number of carbonyl (C=O) groups is 1. The molecule has 3 rings (SSSR count). The second kappa shape index (κ2) is 9.36. The van der Waals surface area contributed by atoms with Crippen LogP contribution in [-0.2, 0) is 11.2 Å². The van der Waals surface area contributed by atoms with E-state index in [4.69, 9.17) is 5.84 Å². The Morgan fingerprint density at radius 2 is 2.00 bits per heavy atom. The van der Waals surface area contributed by atoms with E-state index in [-0.39, 0.29) is 23.5 Å². The van der Waals surface area contributed by atoms with Crippen LogP contribution in [0.1, 0.15) is 18.9 Å². The number of nitrogen functional groups attached to an aromatic ring is 1. The smallest absolute Gasteiger partial charge is 0.230 e. The van der Waals surface area contributed by atoms with E-state index in [1.54, 1.807) is 12.1 Å². The summed E-state index contributed by atoms with van der Waals surface area (Å²) in [5.41, 5.74) is 1.78. The predicted octanol–water partition coefficient (Wildman–Crippen LogP) is 3.03. The maximum Gasteiger partial charge on any atom is 0.230 e. The average Bonchev–Trinajstić information content (AvgIpc) is 3.06. The number of aryl methyl sites for hydroxylation is 1. The van der Waals surface area contributed by atoms with Gasteiger partial charge in [0.25, 0.3) is 0 Å². The number of amides is 1. The number of nitrogens with two attached hydrogens (primary N) is 1. The summed E-state index contributed by atoms with van der Waals surface area (Å²) in [7, 11) is 0. The Morgan fingerprint density at radius 1 is 1.21 bits per heavy atom. The normalized spacial score (nSPS) is 11.9. The zero-order valence-electron chi connectivity index (χ0n) is 15.5. The summed E-state index contributed by atoms with van der Waals surface area (Å²) in [5, 5.41) is 11.4. The Labute approximate surface area is 167 Å². The van der Waals surface area contributed by atoms with Crippen molar-refractivity contribution in [3.8, 4) is 11.4 Å². The molecule has 0 saturated heterocycles. The number of hydrogen-bond donors (Lipinski definition) is 2. The fourth-order valence-corrected chi connectivity index (χ4v) is 3.41. The molecule has 8 heteroatoms. The number of rotatable bonds is 8. The van der Waals surface area contributed by atoms with Crippen LogP contribution < -0.4 is 11.2 Å². The number of benzene rings is 2. The first-order valence-corrected chi connectivity index (χ1v) is 9.94. The minimum atomic E-state index is -0.376. The highest BCUT2D eigenvalue weighted by atomic mass is 32.2. The molecule has 3 aromatic rings. The molecule has 0 fully saturated rings. The van der Waals surface area contributed by atoms with Crippen molar-refractivity contribution in [1.29, 1.82) is 0 Å². The Balaban J connectivity index is 1.49. The summed E-state index contributed by atoms with van der Waals surface area (Å²) >= 11 is 1.19. The van der Waals surface area contributed by atoms with E-state index >= 15 is 0 Å². The first-order valence-electron chi connectivity index (χ1n) is 8.95. The molecule has 0 radical (unpaired) electrons. The van der Waals surface area contributed by atoms with Gasteiger partial charge in [-0.3, -0.25) is 4.79 Å². The first kappa shape index (κ1) is 19.9. The highest BCUT2D eigenvalue weighted by molar-refractivity contribution is 7.99. The minimum absolute atomic E-state index is 0.0620. The number of nitrogens with one attached hydrogen (secondary N) is 1. The summed E-state index contributed by atoms with van der Waals surface area (Å²) in [6.07, 6.45) is 1.76. The second-order valence-electron chi connectivity index (χ2n) is 6.47. The van der Waals surface area contributed by atoms with Crippen LogP contribution in [0.25, 0.3) is 11.4 Å². The standard InChI is InChI=1S/C20H22FN5OS/c1-14(10-11-15-6-3-2-4-7-15)23-18(27)13-28-20-25-24-19(26(20)22)16-8-5-9-17(21)12-16/h2-9,12,14H,10-11,13,22H2,1H3,(H,23,27). The van der Waals surface area contributed by atoms with Crippen LogP contribution in [0.15, 0.2) is 59.8 Å². The summed E-state index contributed by atoms with van der Waals surface area (Å²) < 4.78 is 14.7. The molecule has 146 valence electrons. The van der Waals surface area contributed by atoms with Crippen molar-refractivity contribution in [3.05, 3.63) is 66.0 Å². The molecule has 0 aliphatic rings. The molecule has 0 bridgehead atoms. The summed E-state index contributed by atoms with van der Waals surface area (Å²) in [6, 6.07) is 16.2. The number of thioether (sulfide) groups is 1. The molecule has 2 aromatic carbocycles. The lowest BCUT2D eigenvalue weighted by Crippen LogP contribution is -2.34. The van der Waals surface area contributed by atoms with Gasteiger partial charge in [-0.2, -0.15) is 0 Å². The molecule has 0 aliphatic heterocycles. The molecule has 1 aromatic heterocycles. The zero-order chi connectivity index (χ0) is 19.9. The van der Waals surface area contributed by atoms with Crippen molar-refractivity contribution in [2.45, 2.75) is 31.0 Å². The number of nitrogens with zero attached hydrogens (tertiary/aromatic N) is 3. The van der Waals surface area contributed by atoms with Crippen LogP contribution in [-0.4, -0.2) is 32.6 Å². The summed E-state index contributed by atoms with van der Waals surface area (Å²) in [6.45, 7) is 1.99. The van der Waals surface area contributed by atoms with Crippen LogP contribution in [0.4, 0.5) is 4.39 Å². The van der Waals surface area contributed by atoms with Gasteiger partial charge in [0.15, 0.2) is 5.82 Å². The van der Waals surface area contributed by atoms with E-state index in [0.29, 0.717) is 16.5 Å². The van der Waals surface area contributed by atoms with Gasteiger partial charge in [0.1, 0.15) is 5.82 Å². The monoisotopic (exact) mass is 399 g/mol. The van der Waals surface area contributed by atoms with Crippen molar-refractivity contribution < 1.29 is 9.18 Å². The quantitative estimate of drug-likeness (QED) is 0.449. The minimum Gasteiger partial charge on any atom is -0.353 e. The topological polar surface area (TPSA) is 85.8 Å². The fourth-order valence-electron chi connectivity index (χ4n) is 2.75. The molecule has 1 atom stereocenters. The van der Waals surface area contributed by atoms with Gasteiger partial charge in [-0.1, -0.05) is 54.2 Å². The number of halogens is 1. The molecule has 28 heavy (non-hydrogen) atoms. The van der Waals surface area contributed by atoms with Gasteiger partial charge in [-0.15, -0.1) is 10.2 Å². The van der Waals surface area contributed by atoms with Crippen LogP contribution in [0.2, 0.25) is 0 Å². The van der Waals surface area contributed by atoms with Crippen molar-refractivity contribution in [2.24, 2.45) is 0 Å². The Hall–Kier alpha value is -2.87. The lowest BCUT2D eigenvalue weighted by atomic mass is 10.1. The maximum absolute atomic E-state index is 13.4. The zero-order valence-corrected chi connectivity index (χ0v) is 16.3. The van der Waals surface area contributed by atoms with Gasteiger partial charge in [-0.25, -0.2) is 9.07 Å². The average molecular weight is 399 g/mol. The predicted molar refractivity (Wildman–Crippen MR) is 109 cm³/mol. The maximum atomic E-state index is 13.4. The van der Waals surface area contributed by atoms with E-state index in [1.165, 1.54) is 34.1 Å². The van der Waals surface area contributed by atoms with Gasteiger partial charge in [0, 0.05) is 11.6 Å². The Morgan fingerprint density at radius 3 is 2.75 bits per heavy atom. The van der Waals surface area contributed by atoms with Gasteiger partial charge in [0.2, 0.25) is 11.1 Å². The molecule has 0 aliphatic carbocycles. The Kier molecular flexibility index (Phi) is 6.65.